The molecule has 2 amide bonds. The molecule has 0 spiro atoms. The molecule has 2 aromatic carbocycles. The third kappa shape index (κ3) is 6.22. The Hall–Kier alpha value is -2.82. The van der Waals surface area contributed by atoms with E-state index in [1.807, 2.05) is 63.2 Å². The topological polar surface area (TPSA) is 62.7 Å². The zero-order valence-corrected chi connectivity index (χ0v) is 13.5. The van der Waals surface area contributed by atoms with Crippen molar-refractivity contribution in [1.29, 1.82) is 0 Å². The zero-order valence-electron chi connectivity index (χ0n) is 13.5. The number of hydrogen-bond donors (Lipinski definition) is 2. The largest absolute Gasteiger partial charge is 0.488 e. The number of benzene rings is 2. The van der Waals surface area contributed by atoms with Crippen LogP contribution in [0.4, 0.5) is 10.5 Å². The maximum atomic E-state index is 11.7. The van der Waals surface area contributed by atoms with Gasteiger partial charge in [-0.2, -0.15) is 5.10 Å². The van der Waals surface area contributed by atoms with Crippen LogP contribution in [0.5, 0.6) is 5.75 Å². The number of amides is 2. The second kappa shape index (κ2) is 7.45. The fraction of sp³-hybridized carbons (Fsp3) is 0.222. The maximum Gasteiger partial charge on any atom is 0.339 e. The SMILES string of the molecule is CC(C)(C)Oc1ccc(/C=N/NC(=O)Nc2ccccc2)cc1. The van der Waals surface area contributed by atoms with E-state index in [4.69, 9.17) is 4.74 Å². The molecule has 0 aliphatic rings. The van der Waals surface area contributed by atoms with Crippen molar-refractivity contribution in [3.8, 4) is 5.75 Å². The molecule has 0 bridgehead atoms. The van der Waals surface area contributed by atoms with Crippen LogP contribution in [0, 0.1) is 0 Å². The highest BCUT2D eigenvalue weighted by molar-refractivity contribution is 5.90. The van der Waals surface area contributed by atoms with Gasteiger partial charge in [-0.3, -0.25) is 0 Å². The summed E-state index contributed by atoms with van der Waals surface area (Å²) in [5, 5.41) is 6.59. The molecule has 0 atom stereocenters. The second-order valence-corrected chi connectivity index (χ2v) is 5.97. The van der Waals surface area contributed by atoms with Gasteiger partial charge in [0.05, 0.1) is 6.21 Å². The predicted molar refractivity (Wildman–Crippen MR) is 93.0 cm³/mol. The van der Waals surface area contributed by atoms with Crippen molar-refractivity contribution in [3.63, 3.8) is 0 Å². The van der Waals surface area contributed by atoms with Crippen LogP contribution in [0.3, 0.4) is 0 Å². The summed E-state index contributed by atoms with van der Waals surface area (Å²) in [5.41, 5.74) is 3.77. The number of carbonyl (C=O) groups excluding carboxylic acids is 1. The van der Waals surface area contributed by atoms with E-state index in [9.17, 15) is 4.79 Å². The number of anilines is 1. The Morgan fingerprint density at radius 3 is 2.30 bits per heavy atom. The van der Waals surface area contributed by atoms with Crippen molar-refractivity contribution in [2.45, 2.75) is 26.4 Å². The fourth-order valence-corrected chi connectivity index (χ4v) is 1.82. The van der Waals surface area contributed by atoms with Gasteiger partial charge in [0, 0.05) is 5.69 Å². The Bertz CT molecular complexity index is 659. The minimum Gasteiger partial charge on any atom is -0.488 e. The van der Waals surface area contributed by atoms with E-state index in [0.717, 1.165) is 11.3 Å². The van der Waals surface area contributed by atoms with Crippen LogP contribution in [0.2, 0.25) is 0 Å². The summed E-state index contributed by atoms with van der Waals surface area (Å²) >= 11 is 0. The van der Waals surface area contributed by atoms with Crippen LogP contribution < -0.4 is 15.5 Å². The molecule has 0 saturated heterocycles. The zero-order chi connectivity index (χ0) is 16.7. The first kappa shape index (κ1) is 16.5. The highest BCUT2D eigenvalue weighted by Gasteiger charge is 2.11. The van der Waals surface area contributed by atoms with E-state index < -0.39 is 0 Å². The molecule has 2 N–H and O–H groups in total. The van der Waals surface area contributed by atoms with Crippen LogP contribution in [0.25, 0.3) is 0 Å². The fourth-order valence-electron chi connectivity index (χ4n) is 1.82. The third-order valence-electron chi connectivity index (χ3n) is 2.72. The Morgan fingerprint density at radius 2 is 1.70 bits per heavy atom. The summed E-state index contributed by atoms with van der Waals surface area (Å²) in [6.07, 6.45) is 1.57. The van der Waals surface area contributed by atoms with Gasteiger partial charge in [-0.05, 0) is 62.7 Å². The molecule has 2 rings (SSSR count). The molecule has 0 unspecified atom stereocenters. The molecular formula is C18H21N3O2. The van der Waals surface area contributed by atoms with Crippen molar-refractivity contribution in [2.24, 2.45) is 5.10 Å². The number of nitrogens with zero attached hydrogens (tertiary/aromatic N) is 1. The molecule has 0 radical (unpaired) electrons. The normalized spacial score (nSPS) is 11.3. The van der Waals surface area contributed by atoms with Crippen molar-refractivity contribution in [3.05, 3.63) is 60.2 Å². The van der Waals surface area contributed by atoms with Crippen LogP contribution >= 0.6 is 0 Å². The van der Waals surface area contributed by atoms with Crippen molar-refractivity contribution in [1.82, 2.24) is 5.43 Å². The number of carbonyl (C=O) groups is 1. The lowest BCUT2D eigenvalue weighted by molar-refractivity contribution is 0.131. The second-order valence-electron chi connectivity index (χ2n) is 5.97. The molecule has 120 valence electrons. The first-order valence-electron chi connectivity index (χ1n) is 7.36. The Morgan fingerprint density at radius 1 is 1.04 bits per heavy atom. The van der Waals surface area contributed by atoms with Gasteiger partial charge in [0.1, 0.15) is 11.4 Å². The maximum absolute atomic E-state index is 11.7. The van der Waals surface area contributed by atoms with Gasteiger partial charge in [-0.25, -0.2) is 10.2 Å². The Balaban J connectivity index is 1.84. The summed E-state index contributed by atoms with van der Waals surface area (Å²) in [5.74, 6) is 0.796. The third-order valence-corrected chi connectivity index (χ3v) is 2.72. The minimum atomic E-state index is -0.389. The van der Waals surface area contributed by atoms with E-state index in [-0.39, 0.29) is 11.6 Å². The van der Waals surface area contributed by atoms with Crippen LogP contribution in [0.1, 0.15) is 26.3 Å². The first-order valence-corrected chi connectivity index (χ1v) is 7.36. The quantitative estimate of drug-likeness (QED) is 0.661. The molecule has 0 saturated carbocycles. The van der Waals surface area contributed by atoms with Crippen molar-refractivity contribution >= 4 is 17.9 Å². The molecule has 2 aromatic rings. The van der Waals surface area contributed by atoms with Gasteiger partial charge >= 0.3 is 6.03 Å². The highest BCUT2D eigenvalue weighted by Crippen LogP contribution is 2.17. The van der Waals surface area contributed by atoms with Crippen LogP contribution in [-0.4, -0.2) is 17.8 Å². The summed E-state index contributed by atoms with van der Waals surface area (Å²) in [6, 6.07) is 16.3. The summed E-state index contributed by atoms with van der Waals surface area (Å²) < 4.78 is 5.74. The number of nitrogens with one attached hydrogen (secondary N) is 2. The summed E-state index contributed by atoms with van der Waals surface area (Å²) in [6.45, 7) is 5.99. The number of urea groups is 1. The molecular weight excluding hydrogens is 290 g/mol. The number of hydrazone groups is 1. The number of rotatable bonds is 4. The lowest BCUT2D eigenvalue weighted by atomic mass is 10.2. The van der Waals surface area contributed by atoms with E-state index in [1.165, 1.54) is 0 Å². The highest BCUT2D eigenvalue weighted by atomic mass is 16.5. The van der Waals surface area contributed by atoms with Crippen molar-refractivity contribution in [2.75, 3.05) is 5.32 Å². The molecule has 0 heterocycles. The minimum absolute atomic E-state index is 0.229. The molecule has 5 heteroatoms. The standard InChI is InChI=1S/C18H21N3O2/c1-18(2,3)23-16-11-9-14(10-12-16)13-19-21-17(22)20-15-7-5-4-6-8-15/h4-13H,1-3H3,(H2,20,21,22)/b19-13+. The van der Waals surface area contributed by atoms with Gasteiger partial charge in [0.15, 0.2) is 0 Å². The molecule has 0 aliphatic heterocycles. The first-order chi connectivity index (χ1) is 10.9. The molecule has 0 fully saturated rings. The lowest BCUT2D eigenvalue weighted by Crippen LogP contribution is -2.24. The average molecular weight is 311 g/mol. The van der Waals surface area contributed by atoms with E-state index in [1.54, 1.807) is 18.3 Å². The van der Waals surface area contributed by atoms with E-state index in [0.29, 0.717) is 5.69 Å². The van der Waals surface area contributed by atoms with Gasteiger partial charge in [-0.15, -0.1) is 0 Å². The summed E-state index contributed by atoms with van der Waals surface area (Å²) in [4.78, 5) is 11.7. The number of para-hydroxylation sites is 1. The predicted octanol–water partition coefficient (Wildman–Crippen LogP) is 4.02. The molecule has 23 heavy (non-hydrogen) atoms. The Kier molecular flexibility index (Phi) is 5.36. The van der Waals surface area contributed by atoms with E-state index in [2.05, 4.69) is 15.8 Å². The van der Waals surface area contributed by atoms with Gasteiger partial charge in [-0.1, -0.05) is 18.2 Å². The number of ether oxygens (including phenoxy) is 1. The number of hydrogen-bond acceptors (Lipinski definition) is 3. The monoisotopic (exact) mass is 311 g/mol. The summed E-state index contributed by atoms with van der Waals surface area (Å²) in [7, 11) is 0. The molecule has 5 nitrogen and oxygen atoms in total. The Labute approximate surface area is 136 Å². The van der Waals surface area contributed by atoms with Crippen LogP contribution in [-0.2, 0) is 0 Å². The van der Waals surface area contributed by atoms with Crippen molar-refractivity contribution < 1.29 is 9.53 Å². The molecule has 0 aromatic heterocycles. The lowest BCUT2D eigenvalue weighted by Gasteiger charge is -2.21. The smallest absolute Gasteiger partial charge is 0.339 e. The van der Waals surface area contributed by atoms with Gasteiger partial charge in [0.2, 0.25) is 0 Å². The average Bonchev–Trinajstić information content (AvgIpc) is 2.48. The van der Waals surface area contributed by atoms with Crippen LogP contribution in [0.15, 0.2) is 59.7 Å². The van der Waals surface area contributed by atoms with E-state index >= 15 is 0 Å². The molecule has 0 aliphatic carbocycles. The van der Waals surface area contributed by atoms with Gasteiger partial charge in [0.25, 0.3) is 0 Å². The van der Waals surface area contributed by atoms with Gasteiger partial charge < -0.3 is 10.1 Å².